The van der Waals surface area contributed by atoms with Gasteiger partial charge in [0.15, 0.2) is 11.5 Å². The maximum atomic E-state index is 12.6. The van der Waals surface area contributed by atoms with E-state index in [1.54, 1.807) is 6.07 Å². The van der Waals surface area contributed by atoms with E-state index in [9.17, 15) is 16.8 Å². The molecule has 8 nitrogen and oxygen atoms in total. The lowest BCUT2D eigenvalue weighted by Crippen LogP contribution is -2.36. The number of rotatable bonds is 8. The van der Waals surface area contributed by atoms with Gasteiger partial charge in [0, 0.05) is 12.6 Å². The summed E-state index contributed by atoms with van der Waals surface area (Å²) in [5, 5.41) is 0. The molecular formula is C21H26N2O6S2. The first kappa shape index (κ1) is 22.1. The number of hydrogen-bond acceptors (Lipinski definition) is 6. The van der Waals surface area contributed by atoms with Crippen LogP contribution in [0.1, 0.15) is 37.7 Å². The second kappa shape index (κ2) is 9.15. The zero-order chi connectivity index (χ0) is 21.9. The molecule has 4 rings (SSSR count). The number of nitrogens with one attached hydrogen (secondary N) is 2. The highest BCUT2D eigenvalue weighted by Crippen LogP contribution is 2.32. The van der Waals surface area contributed by atoms with Crippen molar-refractivity contribution in [3.63, 3.8) is 0 Å². The molecule has 0 radical (unpaired) electrons. The molecule has 0 spiro atoms. The second-order valence-electron chi connectivity index (χ2n) is 7.76. The van der Waals surface area contributed by atoms with Crippen molar-refractivity contribution >= 4 is 20.0 Å². The van der Waals surface area contributed by atoms with Crippen molar-refractivity contribution in [1.29, 1.82) is 0 Å². The van der Waals surface area contributed by atoms with Crippen LogP contribution in [-0.4, -0.2) is 36.2 Å². The summed E-state index contributed by atoms with van der Waals surface area (Å²) in [4.78, 5) is 0.0900. The van der Waals surface area contributed by atoms with E-state index >= 15 is 0 Å². The summed E-state index contributed by atoms with van der Waals surface area (Å²) >= 11 is 0. The van der Waals surface area contributed by atoms with E-state index < -0.39 is 20.0 Å². The lowest BCUT2D eigenvalue weighted by molar-refractivity contribution is 0.174. The van der Waals surface area contributed by atoms with E-state index in [-0.39, 0.29) is 29.2 Å². The van der Waals surface area contributed by atoms with Gasteiger partial charge in [0.05, 0.1) is 9.79 Å². The minimum Gasteiger partial charge on any atom is -0.454 e. The van der Waals surface area contributed by atoms with Gasteiger partial charge in [0.25, 0.3) is 0 Å². The summed E-state index contributed by atoms with van der Waals surface area (Å²) < 4.78 is 66.2. The minimum atomic E-state index is -3.75. The second-order valence-corrected chi connectivity index (χ2v) is 11.2. The SMILES string of the molecule is O=S(=O)(NCCc1ccc2c(c1)OCO2)c1ccc(S(=O)(=O)NC2CCCCC2)cc1. The van der Waals surface area contributed by atoms with E-state index in [0.29, 0.717) is 17.9 Å². The molecule has 0 saturated heterocycles. The van der Waals surface area contributed by atoms with Crippen LogP contribution >= 0.6 is 0 Å². The van der Waals surface area contributed by atoms with Gasteiger partial charge in [0.2, 0.25) is 26.8 Å². The van der Waals surface area contributed by atoms with Gasteiger partial charge in [-0.25, -0.2) is 26.3 Å². The highest BCUT2D eigenvalue weighted by molar-refractivity contribution is 7.90. The van der Waals surface area contributed by atoms with Crippen LogP contribution in [0.4, 0.5) is 0 Å². The van der Waals surface area contributed by atoms with E-state index in [0.717, 1.165) is 37.7 Å². The quantitative estimate of drug-likeness (QED) is 0.619. The third kappa shape index (κ3) is 5.38. The normalized spacial score (nSPS) is 17.0. The van der Waals surface area contributed by atoms with Gasteiger partial charge in [-0.15, -0.1) is 0 Å². The highest BCUT2D eigenvalue weighted by atomic mass is 32.2. The van der Waals surface area contributed by atoms with Crippen molar-refractivity contribution in [1.82, 2.24) is 9.44 Å². The number of fused-ring (bicyclic) bond motifs is 1. The Hall–Kier alpha value is -2.14. The standard InChI is InChI=1S/C21H26N2O6S2/c24-30(25,22-13-12-16-6-11-20-21(14-16)29-15-28-20)18-7-9-19(10-8-18)31(26,27)23-17-4-2-1-3-5-17/h6-11,14,17,22-23H,1-5,12-13,15H2. The smallest absolute Gasteiger partial charge is 0.240 e. The lowest BCUT2D eigenvalue weighted by Gasteiger charge is -2.22. The van der Waals surface area contributed by atoms with E-state index in [4.69, 9.17) is 9.47 Å². The van der Waals surface area contributed by atoms with Crippen LogP contribution in [0.25, 0.3) is 0 Å². The topological polar surface area (TPSA) is 111 Å². The molecule has 1 saturated carbocycles. The van der Waals surface area contributed by atoms with Crippen LogP contribution < -0.4 is 18.9 Å². The fraction of sp³-hybridized carbons (Fsp3) is 0.429. The molecule has 2 aliphatic rings. The van der Waals surface area contributed by atoms with Crippen molar-refractivity contribution in [2.45, 2.75) is 54.4 Å². The molecule has 0 atom stereocenters. The molecule has 1 aliphatic heterocycles. The van der Waals surface area contributed by atoms with Crippen LogP contribution in [-0.2, 0) is 26.5 Å². The minimum absolute atomic E-state index is 0.0230. The number of hydrogen-bond donors (Lipinski definition) is 2. The van der Waals surface area contributed by atoms with Gasteiger partial charge in [-0.2, -0.15) is 0 Å². The van der Waals surface area contributed by atoms with E-state index in [1.165, 1.54) is 24.3 Å². The Morgan fingerprint density at radius 2 is 1.45 bits per heavy atom. The molecule has 10 heteroatoms. The highest BCUT2D eigenvalue weighted by Gasteiger charge is 2.23. The summed E-state index contributed by atoms with van der Waals surface area (Å²) in [6, 6.07) is 10.7. The Morgan fingerprint density at radius 3 is 2.16 bits per heavy atom. The first-order valence-electron chi connectivity index (χ1n) is 10.3. The molecule has 0 aromatic heterocycles. The van der Waals surface area contributed by atoms with Crippen LogP contribution in [0.2, 0.25) is 0 Å². The molecular weight excluding hydrogens is 440 g/mol. The number of sulfonamides is 2. The molecule has 0 bridgehead atoms. The predicted molar refractivity (Wildman–Crippen MR) is 115 cm³/mol. The Morgan fingerprint density at radius 1 is 0.806 bits per heavy atom. The van der Waals surface area contributed by atoms with Gasteiger partial charge in [-0.1, -0.05) is 25.3 Å². The molecule has 1 fully saturated rings. The van der Waals surface area contributed by atoms with Crippen LogP contribution in [0, 0.1) is 0 Å². The Kier molecular flexibility index (Phi) is 6.52. The summed E-state index contributed by atoms with van der Waals surface area (Å²) in [6.45, 7) is 0.387. The Labute approximate surface area is 183 Å². The lowest BCUT2D eigenvalue weighted by atomic mass is 9.96. The molecule has 0 amide bonds. The fourth-order valence-corrected chi connectivity index (χ4v) is 6.15. The average Bonchev–Trinajstić information content (AvgIpc) is 3.22. The molecule has 0 unspecified atom stereocenters. The van der Waals surface area contributed by atoms with E-state index in [1.807, 2.05) is 12.1 Å². The van der Waals surface area contributed by atoms with Crippen molar-refractivity contribution in [2.24, 2.45) is 0 Å². The summed E-state index contributed by atoms with van der Waals surface area (Å²) in [5.74, 6) is 1.33. The first-order valence-corrected chi connectivity index (χ1v) is 13.3. The van der Waals surface area contributed by atoms with Crippen molar-refractivity contribution < 1.29 is 26.3 Å². The van der Waals surface area contributed by atoms with Gasteiger partial charge in [-0.05, 0) is 61.2 Å². The van der Waals surface area contributed by atoms with E-state index in [2.05, 4.69) is 9.44 Å². The van der Waals surface area contributed by atoms with Crippen LogP contribution in [0.5, 0.6) is 11.5 Å². The van der Waals surface area contributed by atoms with Gasteiger partial charge >= 0.3 is 0 Å². The average molecular weight is 467 g/mol. The third-order valence-corrected chi connectivity index (χ3v) is 8.53. The molecule has 2 N–H and O–H groups in total. The molecule has 1 aliphatic carbocycles. The zero-order valence-corrected chi connectivity index (χ0v) is 18.7. The first-order chi connectivity index (χ1) is 14.8. The summed E-state index contributed by atoms with van der Waals surface area (Å²) in [6.07, 6.45) is 5.31. The zero-order valence-electron chi connectivity index (χ0n) is 17.0. The maximum Gasteiger partial charge on any atom is 0.240 e. The predicted octanol–water partition coefficient (Wildman–Crippen LogP) is 2.55. The summed E-state index contributed by atoms with van der Waals surface area (Å²) in [7, 11) is -7.42. The summed E-state index contributed by atoms with van der Waals surface area (Å²) in [5.41, 5.74) is 0.919. The molecule has 2 aromatic rings. The largest absolute Gasteiger partial charge is 0.454 e. The number of ether oxygens (including phenoxy) is 2. The number of benzene rings is 2. The van der Waals surface area contributed by atoms with Gasteiger partial charge in [-0.3, -0.25) is 0 Å². The monoisotopic (exact) mass is 466 g/mol. The molecule has 31 heavy (non-hydrogen) atoms. The van der Waals surface area contributed by atoms with Crippen molar-refractivity contribution in [2.75, 3.05) is 13.3 Å². The van der Waals surface area contributed by atoms with Crippen LogP contribution in [0.3, 0.4) is 0 Å². The van der Waals surface area contributed by atoms with Crippen LogP contribution in [0.15, 0.2) is 52.3 Å². The van der Waals surface area contributed by atoms with Crippen molar-refractivity contribution in [3.05, 3.63) is 48.0 Å². The Bertz CT molecular complexity index is 1120. The molecule has 1 heterocycles. The molecule has 168 valence electrons. The molecule has 2 aromatic carbocycles. The van der Waals surface area contributed by atoms with Gasteiger partial charge < -0.3 is 9.47 Å². The Balaban J connectivity index is 1.36. The third-order valence-electron chi connectivity index (χ3n) is 5.51. The van der Waals surface area contributed by atoms with Gasteiger partial charge in [0.1, 0.15) is 0 Å². The fourth-order valence-electron chi connectivity index (χ4n) is 3.82. The maximum absolute atomic E-state index is 12.6. The van der Waals surface area contributed by atoms with Crippen molar-refractivity contribution in [3.8, 4) is 11.5 Å².